The van der Waals surface area contributed by atoms with Crippen LogP contribution in [0.2, 0.25) is 5.02 Å². The molecule has 0 N–H and O–H groups in total. The molecule has 0 fully saturated rings. The molecule has 0 amide bonds. The molecule has 1 rings (SSSR count). The first-order chi connectivity index (χ1) is 7.27. The van der Waals surface area contributed by atoms with Gasteiger partial charge in [-0.2, -0.15) is 5.26 Å². The van der Waals surface area contributed by atoms with Crippen LogP contribution in [0.15, 0.2) is 30.9 Å². The monoisotopic (exact) mass is 221 g/mol. The number of halogens is 1. The molecule has 15 heavy (non-hydrogen) atoms. The van der Waals surface area contributed by atoms with E-state index in [2.05, 4.69) is 6.58 Å². The predicted octanol–water partition coefficient (Wildman–Crippen LogP) is 3.56. The third-order valence-electron chi connectivity index (χ3n) is 1.87. The van der Waals surface area contributed by atoms with Gasteiger partial charge in [0.2, 0.25) is 0 Å². The van der Waals surface area contributed by atoms with Crippen LogP contribution in [-0.2, 0) is 0 Å². The van der Waals surface area contributed by atoms with Crippen molar-refractivity contribution in [1.29, 1.82) is 5.26 Å². The van der Waals surface area contributed by atoms with Gasteiger partial charge in [0.25, 0.3) is 0 Å². The van der Waals surface area contributed by atoms with Gasteiger partial charge >= 0.3 is 0 Å². The highest BCUT2D eigenvalue weighted by Crippen LogP contribution is 2.22. The Bertz CT molecular complexity index is 382. The number of allylic oxidation sites excluding steroid dienone is 1. The van der Waals surface area contributed by atoms with Gasteiger partial charge in [0, 0.05) is 5.02 Å². The number of benzene rings is 1. The van der Waals surface area contributed by atoms with Crippen molar-refractivity contribution < 1.29 is 4.74 Å². The summed E-state index contributed by atoms with van der Waals surface area (Å²) in [5.74, 6) is 0.589. The molecule has 0 saturated heterocycles. The molecular weight excluding hydrogens is 210 g/mol. The average Bonchev–Trinajstić information content (AvgIpc) is 2.26. The summed E-state index contributed by atoms with van der Waals surface area (Å²) in [5, 5.41) is 9.39. The van der Waals surface area contributed by atoms with E-state index in [4.69, 9.17) is 21.6 Å². The molecule has 0 spiro atoms. The average molecular weight is 222 g/mol. The quantitative estimate of drug-likeness (QED) is 0.563. The zero-order valence-corrected chi connectivity index (χ0v) is 9.13. The van der Waals surface area contributed by atoms with Crippen LogP contribution in [0.3, 0.4) is 0 Å². The molecule has 0 aliphatic rings. The van der Waals surface area contributed by atoms with E-state index in [0.717, 1.165) is 12.8 Å². The van der Waals surface area contributed by atoms with Gasteiger partial charge in [0.15, 0.2) is 0 Å². The fraction of sp³-hybridized carbons (Fsp3) is 0.250. The van der Waals surface area contributed by atoms with Gasteiger partial charge in [-0.1, -0.05) is 17.7 Å². The van der Waals surface area contributed by atoms with Gasteiger partial charge in [-0.05, 0) is 31.0 Å². The Morgan fingerprint density at radius 2 is 2.33 bits per heavy atom. The fourth-order valence-electron chi connectivity index (χ4n) is 1.13. The van der Waals surface area contributed by atoms with Crippen LogP contribution < -0.4 is 4.74 Å². The van der Waals surface area contributed by atoms with Gasteiger partial charge in [0.1, 0.15) is 11.8 Å². The van der Waals surface area contributed by atoms with E-state index in [1.54, 1.807) is 18.2 Å². The first kappa shape index (κ1) is 11.6. The highest BCUT2D eigenvalue weighted by molar-refractivity contribution is 6.30. The summed E-state index contributed by atoms with van der Waals surface area (Å²) in [6.07, 6.45) is 3.66. The third kappa shape index (κ3) is 3.65. The van der Waals surface area contributed by atoms with Crippen molar-refractivity contribution in [3.63, 3.8) is 0 Å². The smallest absolute Gasteiger partial charge is 0.137 e. The number of hydrogen-bond acceptors (Lipinski definition) is 2. The lowest BCUT2D eigenvalue weighted by atomic mass is 10.2. The summed E-state index contributed by atoms with van der Waals surface area (Å²) in [4.78, 5) is 0. The Morgan fingerprint density at radius 1 is 1.53 bits per heavy atom. The van der Waals surface area contributed by atoms with E-state index < -0.39 is 0 Å². The molecule has 0 aliphatic carbocycles. The summed E-state index contributed by atoms with van der Waals surface area (Å²) < 4.78 is 5.46. The number of nitriles is 1. The fourth-order valence-corrected chi connectivity index (χ4v) is 1.30. The van der Waals surface area contributed by atoms with Gasteiger partial charge in [0.05, 0.1) is 12.2 Å². The SMILES string of the molecule is C=CCCCOc1ccc(Cl)cc1C#N. The van der Waals surface area contributed by atoms with Gasteiger partial charge in [-0.15, -0.1) is 6.58 Å². The summed E-state index contributed by atoms with van der Waals surface area (Å²) in [7, 11) is 0. The van der Waals surface area contributed by atoms with E-state index in [1.807, 2.05) is 12.1 Å². The second-order valence-corrected chi connectivity index (χ2v) is 3.47. The molecule has 0 saturated carbocycles. The van der Waals surface area contributed by atoms with Gasteiger partial charge in [-0.25, -0.2) is 0 Å². The molecule has 2 nitrogen and oxygen atoms in total. The number of ether oxygens (including phenoxy) is 1. The second-order valence-electron chi connectivity index (χ2n) is 3.03. The van der Waals surface area contributed by atoms with E-state index in [9.17, 15) is 0 Å². The molecule has 0 radical (unpaired) electrons. The predicted molar refractivity (Wildman–Crippen MR) is 61.1 cm³/mol. The zero-order valence-electron chi connectivity index (χ0n) is 8.37. The van der Waals surface area contributed by atoms with Crippen LogP contribution in [0.4, 0.5) is 0 Å². The Kier molecular flexibility index (Phi) is 4.73. The molecule has 0 bridgehead atoms. The summed E-state index contributed by atoms with van der Waals surface area (Å²) in [6, 6.07) is 7.08. The Morgan fingerprint density at radius 3 is 3.00 bits per heavy atom. The van der Waals surface area contributed by atoms with Crippen molar-refractivity contribution in [2.75, 3.05) is 6.61 Å². The molecule has 1 aromatic rings. The van der Waals surface area contributed by atoms with Crippen molar-refractivity contribution in [2.45, 2.75) is 12.8 Å². The molecule has 1 aromatic carbocycles. The van der Waals surface area contributed by atoms with Crippen LogP contribution in [0.5, 0.6) is 5.75 Å². The molecule has 0 unspecified atom stereocenters. The minimum Gasteiger partial charge on any atom is -0.492 e. The summed E-state index contributed by atoms with van der Waals surface area (Å²) in [5.41, 5.74) is 0.473. The number of nitrogens with zero attached hydrogens (tertiary/aromatic N) is 1. The lowest BCUT2D eigenvalue weighted by Crippen LogP contribution is -1.98. The number of hydrogen-bond donors (Lipinski definition) is 0. The molecule has 0 heterocycles. The first-order valence-corrected chi connectivity index (χ1v) is 5.09. The van der Waals surface area contributed by atoms with Crippen LogP contribution in [0.25, 0.3) is 0 Å². The van der Waals surface area contributed by atoms with Crippen LogP contribution in [0, 0.1) is 11.3 Å². The molecule has 0 atom stereocenters. The van der Waals surface area contributed by atoms with Crippen LogP contribution >= 0.6 is 11.6 Å². The largest absolute Gasteiger partial charge is 0.492 e. The highest BCUT2D eigenvalue weighted by Gasteiger charge is 2.03. The minimum atomic E-state index is 0.473. The number of unbranched alkanes of at least 4 members (excludes halogenated alkanes) is 1. The normalized spacial score (nSPS) is 9.33. The van der Waals surface area contributed by atoms with E-state index in [-0.39, 0.29) is 0 Å². The van der Waals surface area contributed by atoms with Crippen LogP contribution in [0.1, 0.15) is 18.4 Å². The summed E-state index contributed by atoms with van der Waals surface area (Å²) in [6.45, 7) is 4.21. The maximum Gasteiger partial charge on any atom is 0.137 e. The maximum absolute atomic E-state index is 8.84. The van der Waals surface area contributed by atoms with Crippen molar-refractivity contribution in [1.82, 2.24) is 0 Å². The maximum atomic E-state index is 8.84. The topological polar surface area (TPSA) is 33.0 Å². The van der Waals surface area contributed by atoms with E-state index in [0.29, 0.717) is 22.9 Å². The standard InChI is InChI=1S/C12H12ClNO/c1-2-3-4-7-15-12-6-5-11(13)8-10(12)9-14/h2,5-6,8H,1,3-4,7H2. The zero-order chi connectivity index (χ0) is 11.1. The van der Waals surface area contributed by atoms with Gasteiger partial charge in [-0.3, -0.25) is 0 Å². The Hall–Kier alpha value is -1.46. The lowest BCUT2D eigenvalue weighted by molar-refractivity contribution is 0.311. The molecule has 3 heteroatoms. The van der Waals surface area contributed by atoms with E-state index >= 15 is 0 Å². The first-order valence-electron chi connectivity index (χ1n) is 4.71. The Balaban J connectivity index is 2.61. The third-order valence-corrected chi connectivity index (χ3v) is 2.11. The van der Waals surface area contributed by atoms with E-state index in [1.165, 1.54) is 0 Å². The Labute approximate surface area is 94.7 Å². The van der Waals surface area contributed by atoms with Crippen molar-refractivity contribution in [3.8, 4) is 11.8 Å². The summed E-state index contributed by atoms with van der Waals surface area (Å²) >= 11 is 5.76. The van der Waals surface area contributed by atoms with Crippen molar-refractivity contribution in [3.05, 3.63) is 41.4 Å². The second kappa shape index (κ2) is 6.10. The highest BCUT2D eigenvalue weighted by atomic mass is 35.5. The van der Waals surface area contributed by atoms with Gasteiger partial charge < -0.3 is 4.74 Å². The molecule has 0 aromatic heterocycles. The van der Waals surface area contributed by atoms with Crippen molar-refractivity contribution in [2.24, 2.45) is 0 Å². The van der Waals surface area contributed by atoms with Crippen molar-refractivity contribution >= 4 is 11.6 Å². The van der Waals surface area contributed by atoms with Crippen LogP contribution in [-0.4, -0.2) is 6.61 Å². The molecule has 0 aliphatic heterocycles. The molecule has 78 valence electrons. The molecular formula is C12H12ClNO. The minimum absolute atomic E-state index is 0.473. The lowest BCUT2D eigenvalue weighted by Gasteiger charge is -2.06. The number of rotatable bonds is 5.